The molecule has 1 unspecified atom stereocenters. The van der Waals surface area contributed by atoms with Gasteiger partial charge in [-0.1, -0.05) is 6.07 Å². The zero-order valence-corrected chi connectivity index (χ0v) is 13.7. The molecule has 0 spiro atoms. The molecule has 0 saturated carbocycles. The van der Waals surface area contributed by atoms with Gasteiger partial charge in [0.05, 0.1) is 5.69 Å². The van der Waals surface area contributed by atoms with Gasteiger partial charge in [0.25, 0.3) is 0 Å². The van der Waals surface area contributed by atoms with Gasteiger partial charge in [0, 0.05) is 56.8 Å². The Bertz CT molecular complexity index is 789. The lowest BCUT2D eigenvalue weighted by Gasteiger charge is -2.25. The third-order valence-electron chi connectivity index (χ3n) is 4.22. The first-order chi connectivity index (χ1) is 11.8. The maximum absolute atomic E-state index is 4.51. The molecular formula is C17H21N7. The Morgan fingerprint density at radius 2 is 2.33 bits per heavy atom. The highest BCUT2D eigenvalue weighted by atomic mass is 15.3. The number of anilines is 1. The van der Waals surface area contributed by atoms with Crippen LogP contribution in [0, 0.1) is 12.8 Å². The molecule has 1 atom stereocenters. The second-order valence-corrected chi connectivity index (χ2v) is 6.21. The highest BCUT2D eigenvalue weighted by Gasteiger charge is 2.18. The van der Waals surface area contributed by atoms with Gasteiger partial charge >= 0.3 is 0 Å². The Labute approximate surface area is 140 Å². The fourth-order valence-electron chi connectivity index (χ4n) is 3.00. The first-order valence-corrected chi connectivity index (χ1v) is 8.22. The minimum Gasteiger partial charge on any atom is -0.370 e. The van der Waals surface area contributed by atoms with Crippen LogP contribution >= 0.6 is 0 Å². The molecular weight excluding hydrogens is 302 g/mol. The number of hydrogen-bond donors (Lipinski definition) is 2. The summed E-state index contributed by atoms with van der Waals surface area (Å²) < 4.78 is 3.82. The average Bonchev–Trinajstić information content (AvgIpc) is 3.24. The van der Waals surface area contributed by atoms with Crippen LogP contribution in [0.2, 0.25) is 0 Å². The summed E-state index contributed by atoms with van der Waals surface area (Å²) in [5, 5.41) is 15.7. The maximum Gasteiger partial charge on any atom is 0.153 e. The number of rotatable bonds is 5. The Kier molecular flexibility index (Phi) is 4.00. The molecule has 0 radical (unpaired) electrons. The fraction of sp³-hybridized carbons (Fsp3) is 0.353. The molecule has 3 aromatic rings. The Morgan fingerprint density at radius 1 is 1.38 bits per heavy atom. The van der Waals surface area contributed by atoms with Crippen LogP contribution in [0.4, 0.5) is 5.82 Å². The van der Waals surface area contributed by atoms with Crippen molar-refractivity contribution < 1.29 is 0 Å². The van der Waals surface area contributed by atoms with Crippen molar-refractivity contribution in [1.29, 1.82) is 0 Å². The van der Waals surface area contributed by atoms with Gasteiger partial charge in [-0.15, -0.1) is 0 Å². The molecule has 0 amide bonds. The van der Waals surface area contributed by atoms with Crippen molar-refractivity contribution in [3.63, 3.8) is 0 Å². The summed E-state index contributed by atoms with van der Waals surface area (Å²) in [5.74, 6) is 2.50. The summed E-state index contributed by atoms with van der Waals surface area (Å²) in [6.07, 6.45) is 5.54. The van der Waals surface area contributed by atoms with Crippen LogP contribution in [0.25, 0.3) is 5.82 Å². The third-order valence-corrected chi connectivity index (χ3v) is 4.22. The van der Waals surface area contributed by atoms with E-state index in [-0.39, 0.29) is 0 Å². The molecule has 1 aliphatic heterocycles. The smallest absolute Gasteiger partial charge is 0.153 e. The standard InChI is InChI=1S/C17H21N7/c1-13-7-17-20-11-15(12-24(17)22-13)9-18-8-14-3-4-16(19-10-14)23-6-2-5-21-23/h2-7,10,15,18,20H,8-9,11-12H2,1H3. The highest BCUT2D eigenvalue weighted by molar-refractivity contribution is 5.38. The fourth-order valence-corrected chi connectivity index (χ4v) is 3.00. The van der Waals surface area contributed by atoms with Gasteiger partial charge in [-0.3, -0.25) is 0 Å². The summed E-state index contributed by atoms with van der Waals surface area (Å²) in [6.45, 7) is 5.73. The summed E-state index contributed by atoms with van der Waals surface area (Å²) in [6, 6.07) is 8.06. The number of hydrogen-bond acceptors (Lipinski definition) is 5. The Balaban J connectivity index is 1.28. The zero-order valence-electron chi connectivity index (χ0n) is 13.7. The van der Waals surface area contributed by atoms with Crippen molar-refractivity contribution in [2.75, 3.05) is 18.4 Å². The van der Waals surface area contributed by atoms with Crippen LogP contribution in [0.3, 0.4) is 0 Å². The van der Waals surface area contributed by atoms with E-state index < -0.39 is 0 Å². The van der Waals surface area contributed by atoms with E-state index in [2.05, 4.69) is 42.6 Å². The zero-order chi connectivity index (χ0) is 16.4. The lowest BCUT2D eigenvalue weighted by molar-refractivity contribution is 0.390. The van der Waals surface area contributed by atoms with Crippen LogP contribution in [0.5, 0.6) is 0 Å². The molecule has 0 aromatic carbocycles. The summed E-state index contributed by atoms with van der Waals surface area (Å²) in [7, 11) is 0. The maximum atomic E-state index is 4.51. The van der Waals surface area contributed by atoms with Gasteiger partial charge in [0.1, 0.15) is 5.82 Å². The first kappa shape index (κ1) is 14.9. The van der Waals surface area contributed by atoms with Gasteiger partial charge in [-0.25, -0.2) is 14.3 Å². The minimum absolute atomic E-state index is 0.535. The van der Waals surface area contributed by atoms with Gasteiger partial charge < -0.3 is 10.6 Å². The summed E-state index contributed by atoms with van der Waals surface area (Å²) >= 11 is 0. The van der Waals surface area contributed by atoms with E-state index in [1.54, 1.807) is 10.9 Å². The average molecular weight is 323 g/mol. The summed E-state index contributed by atoms with van der Waals surface area (Å²) in [4.78, 5) is 4.45. The molecule has 7 heteroatoms. The van der Waals surface area contributed by atoms with Crippen LogP contribution in [-0.4, -0.2) is 37.6 Å². The van der Waals surface area contributed by atoms with Crippen LogP contribution in [0.15, 0.2) is 42.9 Å². The Hall–Kier alpha value is -2.67. The molecule has 7 nitrogen and oxygen atoms in total. The third kappa shape index (κ3) is 3.16. The molecule has 3 aromatic heterocycles. The second-order valence-electron chi connectivity index (χ2n) is 6.21. The number of fused-ring (bicyclic) bond motifs is 1. The van der Waals surface area contributed by atoms with Gasteiger partial charge in [-0.05, 0) is 24.6 Å². The van der Waals surface area contributed by atoms with Crippen LogP contribution in [-0.2, 0) is 13.1 Å². The van der Waals surface area contributed by atoms with E-state index in [1.807, 2.05) is 31.5 Å². The molecule has 1 aliphatic rings. The molecule has 4 heterocycles. The molecule has 24 heavy (non-hydrogen) atoms. The molecule has 4 rings (SSSR count). The number of nitrogens with zero attached hydrogens (tertiary/aromatic N) is 5. The van der Waals surface area contributed by atoms with E-state index in [0.29, 0.717) is 5.92 Å². The molecule has 0 aliphatic carbocycles. The van der Waals surface area contributed by atoms with Crippen molar-refractivity contribution in [2.24, 2.45) is 5.92 Å². The predicted octanol–water partition coefficient (Wildman–Crippen LogP) is 1.60. The van der Waals surface area contributed by atoms with Crippen molar-refractivity contribution in [3.8, 4) is 5.82 Å². The normalized spacial score (nSPS) is 16.6. The number of aryl methyl sites for hydroxylation is 1. The van der Waals surface area contributed by atoms with E-state index in [4.69, 9.17) is 0 Å². The van der Waals surface area contributed by atoms with Crippen LogP contribution < -0.4 is 10.6 Å². The molecule has 0 fully saturated rings. The lowest BCUT2D eigenvalue weighted by Crippen LogP contribution is -2.35. The van der Waals surface area contributed by atoms with Gasteiger partial charge in [0.15, 0.2) is 5.82 Å². The Morgan fingerprint density at radius 3 is 3.12 bits per heavy atom. The first-order valence-electron chi connectivity index (χ1n) is 8.22. The monoisotopic (exact) mass is 323 g/mol. The molecule has 0 bridgehead atoms. The predicted molar refractivity (Wildman–Crippen MR) is 92.0 cm³/mol. The lowest BCUT2D eigenvalue weighted by atomic mass is 10.1. The number of aromatic nitrogens is 5. The molecule has 0 saturated heterocycles. The van der Waals surface area contributed by atoms with Crippen molar-refractivity contribution >= 4 is 5.82 Å². The summed E-state index contributed by atoms with van der Waals surface area (Å²) in [5.41, 5.74) is 2.24. The van der Waals surface area contributed by atoms with Crippen LogP contribution in [0.1, 0.15) is 11.3 Å². The number of nitrogens with one attached hydrogen (secondary N) is 2. The highest BCUT2D eigenvalue weighted by Crippen LogP contribution is 2.18. The van der Waals surface area contributed by atoms with Crippen molar-refractivity contribution in [3.05, 3.63) is 54.1 Å². The number of pyridine rings is 1. The van der Waals surface area contributed by atoms with Gasteiger partial charge in [0.2, 0.25) is 0 Å². The quantitative estimate of drug-likeness (QED) is 0.746. The van der Waals surface area contributed by atoms with E-state index >= 15 is 0 Å². The molecule has 2 N–H and O–H groups in total. The minimum atomic E-state index is 0.535. The molecule has 124 valence electrons. The van der Waals surface area contributed by atoms with E-state index in [0.717, 1.165) is 43.5 Å². The van der Waals surface area contributed by atoms with Crippen molar-refractivity contribution in [2.45, 2.75) is 20.0 Å². The van der Waals surface area contributed by atoms with E-state index in [9.17, 15) is 0 Å². The van der Waals surface area contributed by atoms with Crippen molar-refractivity contribution in [1.82, 2.24) is 29.9 Å². The topological polar surface area (TPSA) is 72.6 Å². The van der Waals surface area contributed by atoms with Gasteiger partial charge in [-0.2, -0.15) is 10.2 Å². The second kappa shape index (κ2) is 6.45. The SMILES string of the molecule is Cc1cc2n(n1)CC(CNCc1ccc(-n3cccn3)nc1)CN2. The largest absolute Gasteiger partial charge is 0.370 e. The van der Waals surface area contributed by atoms with E-state index in [1.165, 1.54) is 5.56 Å².